The van der Waals surface area contributed by atoms with Crippen LogP contribution < -0.4 is 5.32 Å². The van der Waals surface area contributed by atoms with Gasteiger partial charge in [0.1, 0.15) is 0 Å². The molecule has 20 heavy (non-hydrogen) atoms. The van der Waals surface area contributed by atoms with Gasteiger partial charge in [-0.05, 0) is 75.4 Å². The summed E-state index contributed by atoms with van der Waals surface area (Å²) in [6.45, 7) is 15.3. The van der Waals surface area contributed by atoms with E-state index in [1.54, 1.807) is 0 Å². The van der Waals surface area contributed by atoms with Crippen LogP contribution in [0.1, 0.15) is 59.4 Å². The van der Waals surface area contributed by atoms with Crippen molar-refractivity contribution in [2.24, 2.45) is 5.92 Å². The molecule has 0 amide bonds. The summed E-state index contributed by atoms with van der Waals surface area (Å²) in [5.41, 5.74) is 2.75. The first-order valence-electron chi connectivity index (χ1n) is 7.77. The summed E-state index contributed by atoms with van der Waals surface area (Å²) in [5.74, 6) is 0.660. The standard InChI is InChI=1S/C16H30BrN3/c1-7-13-15(17)14(20(8-2)19-13)11-12(3)9-10-18-16(4,5)6/h12,18H,7-11H2,1-6H3. The van der Waals surface area contributed by atoms with Gasteiger partial charge in [-0.1, -0.05) is 13.8 Å². The zero-order chi connectivity index (χ0) is 15.3. The minimum atomic E-state index is 0.209. The van der Waals surface area contributed by atoms with Crippen LogP contribution in [0.15, 0.2) is 4.47 Å². The van der Waals surface area contributed by atoms with Crippen molar-refractivity contribution in [3.8, 4) is 0 Å². The topological polar surface area (TPSA) is 29.9 Å². The highest BCUT2D eigenvalue weighted by Crippen LogP contribution is 2.25. The summed E-state index contributed by atoms with van der Waals surface area (Å²) in [6.07, 6.45) is 3.27. The van der Waals surface area contributed by atoms with Crippen LogP contribution in [0.2, 0.25) is 0 Å². The second kappa shape index (κ2) is 7.60. The highest BCUT2D eigenvalue weighted by Gasteiger charge is 2.17. The SMILES string of the molecule is CCc1nn(CC)c(CC(C)CCNC(C)(C)C)c1Br. The molecule has 1 atom stereocenters. The second-order valence-corrected chi connectivity index (χ2v) is 7.44. The Morgan fingerprint density at radius 2 is 1.95 bits per heavy atom. The van der Waals surface area contributed by atoms with Crippen LogP contribution in [0.5, 0.6) is 0 Å². The van der Waals surface area contributed by atoms with E-state index in [0.29, 0.717) is 5.92 Å². The fourth-order valence-corrected chi connectivity index (χ4v) is 3.06. The number of nitrogens with zero attached hydrogens (tertiary/aromatic N) is 2. The Kier molecular flexibility index (Phi) is 6.73. The first-order valence-corrected chi connectivity index (χ1v) is 8.56. The van der Waals surface area contributed by atoms with E-state index in [9.17, 15) is 0 Å². The largest absolute Gasteiger partial charge is 0.312 e. The lowest BCUT2D eigenvalue weighted by Gasteiger charge is -2.22. The van der Waals surface area contributed by atoms with E-state index in [4.69, 9.17) is 0 Å². The number of rotatable bonds is 7. The maximum absolute atomic E-state index is 4.67. The molecular formula is C16H30BrN3. The van der Waals surface area contributed by atoms with Crippen LogP contribution in [0.4, 0.5) is 0 Å². The van der Waals surface area contributed by atoms with Crippen LogP contribution in [-0.4, -0.2) is 21.9 Å². The van der Waals surface area contributed by atoms with E-state index in [-0.39, 0.29) is 5.54 Å². The number of hydrogen-bond donors (Lipinski definition) is 1. The normalized spacial score (nSPS) is 13.8. The molecule has 0 radical (unpaired) electrons. The number of aryl methyl sites for hydroxylation is 2. The lowest BCUT2D eigenvalue weighted by atomic mass is 10.00. The van der Waals surface area contributed by atoms with Crippen molar-refractivity contribution in [2.75, 3.05) is 6.54 Å². The summed E-state index contributed by atoms with van der Waals surface area (Å²) >= 11 is 3.73. The lowest BCUT2D eigenvalue weighted by Crippen LogP contribution is -2.37. The number of halogens is 1. The molecule has 0 aliphatic rings. The molecule has 1 aromatic rings. The van der Waals surface area contributed by atoms with E-state index >= 15 is 0 Å². The van der Waals surface area contributed by atoms with Gasteiger partial charge in [0.2, 0.25) is 0 Å². The molecule has 0 aliphatic carbocycles. The average Bonchev–Trinajstić information content (AvgIpc) is 2.64. The third-order valence-corrected chi connectivity index (χ3v) is 4.44. The Bertz CT molecular complexity index is 418. The summed E-state index contributed by atoms with van der Waals surface area (Å²) in [7, 11) is 0. The second-order valence-electron chi connectivity index (χ2n) is 6.65. The number of aromatic nitrogens is 2. The molecule has 0 saturated carbocycles. The summed E-state index contributed by atoms with van der Waals surface area (Å²) in [4.78, 5) is 0. The average molecular weight is 344 g/mol. The van der Waals surface area contributed by atoms with E-state index in [2.05, 4.69) is 72.6 Å². The van der Waals surface area contributed by atoms with Gasteiger partial charge in [0.05, 0.1) is 15.9 Å². The van der Waals surface area contributed by atoms with Gasteiger partial charge in [0, 0.05) is 12.1 Å². The van der Waals surface area contributed by atoms with E-state index < -0.39 is 0 Å². The smallest absolute Gasteiger partial charge is 0.0766 e. The minimum absolute atomic E-state index is 0.209. The molecule has 1 unspecified atom stereocenters. The molecule has 0 bridgehead atoms. The van der Waals surface area contributed by atoms with Crippen LogP contribution in [0, 0.1) is 5.92 Å². The first kappa shape index (κ1) is 17.7. The van der Waals surface area contributed by atoms with Crippen molar-refractivity contribution < 1.29 is 0 Å². The van der Waals surface area contributed by atoms with Crippen LogP contribution in [0.3, 0.4) is 0 Å². The highest BCUT2D eigenvalue weighted by atomic mass is 79.9. The zero-order valence-corrected chi connectivity index (χ0v) is 15.5. The molecule has 4 heteroatoms. The Morgan fingerprint density at radius 3 is 2.45 bits per heavy atom. The Hall–Kier alpha value is -0.350. The van der Waals surface area contributed by atoms with Crippen molar-refractivity contribution >= 4 is 15.9 Å². The maximum Gasteiger partial charge on any atom is 0.0766 e. The Labute approximate surface area is 132 Å². The van der Waals surface area contributed by atoms with E-state index in [1.165, 1.54) is 22.3 Å². The van der Waals surface area contributed by atoms with Gasteiger partial charge in [-0.2, -0.15) is 5.10 Å². The monoisotopic (exact) mass is 343 g/mol. The number of nitrogens with one attached hydrogen (secondary N) is 1. The molecule has 0 aliphatic heterocycles. The summed E-state index contributed by atoms with van der Waals surface area (Å²) < 4.78 is 3.37. The predicted octanol–water partition coefficient (Wildman–Crippen LogP) is 4.18. The molecule has 0 aromatic carbocycles. The molecule has 1 heterocycles. The van der Waals surface area contributed by atoms with Crippen LogP contribution in [-0.2, 0) is 19.4 Å². The van der Waals surface area contributed by atoms with E-state index in [0.717, 1.165) is 25.9 Å². The van der Waals surface area contributed by atoms with Gasteiger partial charge in [0.15, 0.2) is 0 Å². The molecule has 1 rings (SSSR count). The maximum atomic E-state index is 4.67. The molecular weight excluding hydrogens is 314 g/mol. The van der Waals surface area contributed by atoms with Gasteiger partial charge in [-0.15, -0.1) is 0 Å². The van der Waals surface area contributed by atoms with Gasteiger partial charge < -0.3 is 5.32 Å². The fourth-order valence-electron chi connectivity index (χ4n) is 2.34. The fraction of sp³-hybridized carbons (Fsp3) is 0.812. The van der Waals surface area contributed by atoms with Crippen molar-refractivity contribution in [3.63, 3.8) is 0 Å². The molecule has 116 valence electrons. The van der Waals surface area contributed by atoms with Crippen molar-refractivity contribution in [2.45, 2.75) is 72.9 Å². The van der Waals surface area contributed by atoms with Crippen molar-refractivity contribution in [1.82, 2.24) is 15.1 Å². The minimum Gasteiger partial charge on any atom is -0.312 e. The Balaban J connectivity index is 2.61. The molecule has 0 fully saturated rings. The van der Waals surface area contributed by atoms with Crippen molar-refractivity contribution in [3.05, 3.63) is 15.9 Å². The summed E-state index contributed by atoms with van der Waals surface area (Å²) in [6, 6.07) is 0. The Morgan fingerprint density at radius 1 is 1.30 bits per heavy atom. The van der Waals surface area contributed by atoms with Crippen LogP contribution >= 0.6 is 15.9 Å². The lowest BCUT2D eigenvalue weighted by molar-refractivity contribution is 0.390. The molecule has 0 spiro atoms. The van der Waals surface area contributed by atoms with Gasteiger partial charge in [-0.25, -0.2) is 0 Å². The zero-order valence-electron chi connectivity index (χ0n) is 13.9. The van der Waals surface area contributed by atoms with E-state index in [1.807, 2.05) is 0 Å². The van der Waals surface area contributed by atoms with Gasteiger partial charge in [-0.3, -0.25) is 4.68 Å². The molecule has 1 N–H and O–H groups in total. The first-order chi connectivity index (χ1) is 9.28. The molecule has 3 nitrogen and oxygen atoms in total. The third-order valence-electron chi connectivity index (χ3n) is 3.53. The van der Waals surface area contributed by atoms with Gasteiger partial charge >= 0.3 is 0 Å². The molecule has 1 aromatic heterocycles. The predicted molar refractivity (Wildman–Crippen MR) is 90.2 cm³/mol. The molecule has 0 saturated heterocycles. The summed E-state index contributed by atoms with van der Waals surface area (Å²) in [5, 5.41) is 8.24. The highest BCUT2D eigenvalue weighted by molar-refractivity contribution is 9.10. The number of hydrogen-bond acceptors (Lipinski definition) is 2. The third kappa shape index (κ3) is 5.21. The van der Waals surface area contributed by atoms with Gasteiger partial charge in [0.25, 0.3) is 0 Å². The van der Waals surface area contributed by atoms with Crippen molar-refractivity contribution in [1.29, 1.82) is 0 Å². The van der Waals surface area contributed by atoms with Crippen LogP contribution in [0.25, 0.3) is 0 Å². The quantitative estimate of drug-likeness (QED) is 0.804.